The van der Waals surface area contributed by atoms with Gasteiger partial charge in [0.15, 0.2) is 0 Å². The molecule has 1 atom stereocenters. The van der Waals surface area contributed by atoms with Crippen LogP contribution in [0.5, 0.6) is 0 Å². The molecule has 1 fully saturated rings. The van der Waals surface area contributed by atoms with Crippen molar-refractivity contribution in [2.45, 2.75) is 32.4 Å². The summed E-state index contributed by atoms with van der Waals surface area (Å²) in [6, 6.07) is 3.34. The number of anilines is 1. The van der Waals surface area contributed by atoms with Crippen LogP contribution in [0.15, 0.2) is 29.5 Å². The van der Waals surface area contributed by atoms with E-state index in [9.17, 15) is 4.79 Å². The van der Waals surface area contributed by atoms with E-state index in [-0.39, 0.29) is 17.2 Å². The number of hydrogen-bond acceptors (Lipinski definition) is 6. The fraction of sp³-hybridized carbons (Fsp3) is 0.500. The molecule has 0 radical (unpaired) electrons. The van der Waals surface area contributed by atoms with Gasteiger partial charge in [-0.05, 0) is 26.8 Å². The standard InChI is InChI=1S/C16H21N5O2/c1-11-16(2,3)23-8-7-21(11)15-19-13(9-14(22)20(15)4)12-5-6-17-10-18-12/h5-6,9-11H,7-8H2,1-4H3/t11-/m0/s1. The lowest BCUT2D eigenvalue weighted by atomic mass is 9.97. The Balaban J connectivity index is 2.09. The number of rotatable bonds is 2. The summed E-state index contributed by atoms with van der Waals surface area (Å²) in [7, 11) is 1.74. The summed E-state index contributed by atoms with van der Waals surface area (Å²) < 4.78 is 7.41. The third kappa shape index (κ3) is 2.84. The lowest BCUT2D eigenvalue weighted by Crippen LogP contribution is -2.56. The summed E-state index contributed by atoms with van der Waals surface area (Å²) in [6.07, 6.45) is 3.09. The molecule has 3 heterocycles. The summed E-state index contributed by atoms with van der Waals surface area (Å²) in [5, 5.41) is 0. The molecule has 122 valence electrons. The van der Waals surface area contributed by atoms with Gasteiger partial charge in [0, 0.05) is 25.9 Å². The van der Waals surface area contributed by atoms with Crippen molar-refractivity contribution >= 4 is 5.95 Å². The Bertz CT molecular complexity index is 757. The van der Waals surface area contributed by atoms with E-state index in [2.05, 4.69) is 40.6 Å². The van der Waals surface area contributed by atoms with Crippen LogP contribution < -0.4 is 10.5 Å². The molecule has 0 N–H and O–H groups in total. The normalized spacial score (nSPS) is 20.5. The number of hydrogen-bond donors (Lipinski definition) is 0. The lowest BCUT2D eigenvalue weighted by Gasteiger charge is -2.45. The van der Waals surface area contributed by atoms with E-state index in [1.807, 2.05) is 0 Å². The SMILES string of the molecule is C[C@@H]1N(c2nc(-c3ccncn3)cc(=O)n2C)CCOC1(C)C. The van der Waals surface area contributed by atoms with E-state index in [4.69, 9.17) is 4.74 Å². The quantitative estimate of drug-likeness (QED) is 0.830. The van der Waals surface area contributed by atoms with E-state index in [1.165, 1.54) is 12.4 Å². The van der Waals surface area contributed by atoms with Crippen LogP contribution in [0.3, 0.4) is 0 Å². The van der Waals surface area contributed by atoms with Crippen LogP contribution in [-0.4, -0.2) is 44.3 Å². The first-order valence-electron chi connectivity index (χ1n) is 7.65. The van der Waals surface area contributed by atoms with Gasteiger partial charge in [0.2, 0.25) is 5.95 Å². The third-order valence-electron chi connectivity index (χ3n) is 4.49. The minimum absolute atomic E-state index is 0.0926. The van der Waals surface area contributed by atoms with Crippen molar-refractivity contribution in [1.82, 2.24) is 19.5 Å². The zero-order valence-electron chi connectivity index (χ0n) is 13.9. The highest BCUT2D eigenvalue weighted by molar-refractivity contribution is 5.55. The summed E-state index contributed by atoms with van der Waals surface area (Å²) >= 11 is 0. The van der Waals surface area contributed by atoms with Gasteiger partial charge in [-0.3, -0.25) is 9.36 Å². The van der Waals surface area contributed by atoms with Crippen molar-refractivity contribution in [2.75, 3.05) is 18.1 Å². The van der Waals surface area contributed by atoms with Gasteiger partial charge in [-0.1, -0.05) is 0 Å². The van der Waals surface area contributed by atoms with Crippen molar-refractivity contribution in [3.8, 4) is 11.4 Å². The van der Waals surface area contributed by atoms with E-state index in [0.717, 1.165) is 0 Å². The van der Waals surface area contributed by atoms with Crippen molar-refractivity contribution in [2.24, 2.45) is 7.05 Å². The highest BCUT2D eigenvalue weighted by Gasteiger charge is 2.37. The first kappa shape index (κ1) is 15.6. The number of morpholine rings is 1. The molecular weight excluding hydrogens is 294 g/mol. The van der Waals surface area contributed by atoms with Crippen molar-refractivity contribution in [1.29, 1.82) is 0 Å². The molecule has 2 aromatic rings. The molecule has 1 aliphatic heterocycles. The highest BCUT2D eigenvalue weighted by atomic mass is 16.5. The Labute approximate surface area is 135 Å². The van der Waals surface area contributed by atoms with E-state index in [1.54, 1.807) is 23.9 Å². The average Bonchev–Trinajstić information content (AvgIpc) is 2.54. The highest BCUT2D eigenvalue weighted by Crippen LogP contribution is 2.28. The fourth-order valence-corrected chi connectivity index (χ4v) is 2.73. The van der Waals surface area contributed by atoms with Gasteiger partial charge in [0.05, 0.1) is 29.6 Å². The smallest absolute Gasteiger partial charge is 0.255 e. The molecule has 0 aromatic carbocycles. The van der Waals surface area contributed by atoms with Crippen LogP contribution in [0.1, 0.15) is 20.8 Å². The predicted molar refractivity (Wildman–Crippen MR) is 87.3 cm³/mol. The fourth-order valence-electron chi connectivity index (χ4n) is 2.73. The van der Waals surface area contributed by atoms with Crippen LogP contribution in [0.25, 0.3) is 11.4 Å². The van der Waals surface area contributed by atoms with E-state index in [0.29, 0.717) is 30.5 Å². The molecule has 0 aliphatic carbocycles. The second-order valence-electron chi connectivity index (χ2n) is 6.25. The van der Waals surface area contributed by atoms with E-state index < -0.39 is 0 Å². The number of ether oxygens (including phenoxy) is 1. The maximum atomic E-state index is 12.4. The predicted octanol–water partition coefficient (Wildman–Crippen LogP) is 1.24. The summed E-state index contributed by atoms with van der Waals surface area (Å²) in [5.74, 6) is 0.634. The van der Waals surface area contributed by atoms with Crippen molar-refractivity contribution in [3.05, 3.63) is 35.0 Å². The van der Waals surface area contributed by atoms with Gasteiger partial charge in [-0.2, -0.15) is 0 Å². The second kappa shape index (κ2) is 5.73. The van der Waals surface area contributed by atoms with Crippen LogP contribution in [0.4, 0.5) is 5.95 Å². The van der Waals surface area contributed by atoms with E-state index >= 15 is 0 Å². The molecule has 0 amide bonds. The van der Waals surface area contributed by atoms with Gasteiger partial charge in [0.1, 0.15) is 6.33 Å². The van der Waals surface area contributed by atoms with Crippen molar-refractivity contribution in [3.63, 3.8) is 0 Å². The molecule has 3 rings (SSSR count). The molecule has 7 heteroatoms. The summed E-state index contributed by atoms with van der Waals surface area (Å²) in [4.78, 5) is 27.3. The molecule has 7 nitrogen and oxygen atoms in total. The van der Waals surface area contributed by atoms with Crippen LogP contribution in [0.2, 0.25) is 0 Å². The Kier molecular flexibility index (Phi) is 3.89. The second-order valence-corrected chi connectivity index (χ2v) is 6.25. The zero-order chi connectivity index (χ0) is 16.6. The Morgan fingerprint density at radius 3 is 2.83 bits per heavy atom. The number of aromatic nitrogens is 4. The molecule has 0 saturated carbocycles. The molecule has 1 saturated heterocycles. The molecule has 1 aliphatic rings. The average molecular weight is 315 g/mol. The third-order valence-corrected chi connectivity index (χ3v) is 4.49. The summed E-state index contributed by atoms with van der Waals surface area (Å²) in [5.41, 5.74) is 0.780. The first-order chi connectivity index (χ1) is 10.9. The lowest BCUT2D eigenvalue weighted by molar-refractivity contribution is -0.0536. The molecule has 23 heavy (non-hydrogen) atoms. The largest absolute Gasteiger partial charge is 0.372 e. The van der Waals surface area contributed by atoms with Crippen molar-refractivity contribution < 1.29 is 4.74 Å². The minimum atomic E-state index is -0.305. The van der Waals surface area contributed by atoms with Gasteiger partial charge in [-0.15, -0.1) is 0 Å². The Hall–Kier alpha value is -2.28. The van der Waals surface area contributed by atoms with Gasteiger partial charge >= 0.3 is 0 Å². The van der Waals surface area contributed by atoms with Gasteiger partial charge in [0.25, 0.3) is 5.56 Å². The van der Waals surface area contributed by atoms with Gasteiger partial charge in [-0.25, -0.2) is 15.0 Å². The number of nitrogens with zero attached hydrogens (tertiary/aromatic N) is 5. The monoisotopic (exact) mass is 315 g/mol. The Morgan fingerprint density at radius 2 is 2.13 bits per heavy atom. The summed E-state index contributed by atoms with van der Waals surface area (Å²) in [6.45, 7) is 7.48. The molecule has 0 unspecified atom stereocenters. The maximum absolute atomic E-state index is 12.4. The minimum Gasteiger partial charge on any atom is -0.372 e. The molecule has 0 spiro atoms. The van der Waals surface area contributed by atoms with Gasteiger partial charge < -0.3 is 9.64 Å². The topological polar surface area (TPSA) is 73.1 Å². The molecule has 0 bridgehead atoms. The molecular formula is C16H21N5O2. The molecule has 2 aromatic heterocycles. The van der Waals surface area contributed by atoms with Crippen LogP contribution >= 0.6 is 0 Å². The maximum Gasteiger partial charge on any atom is 0.255 e. The van der Waals surface area contributed by atoms with Crippen LogP contribution in [0, 0.1) is 0 Å². The zero-order valence-corrected chi connectivity index (χ0v) is 13.9. The van der Waals surface area contributed by atoms with Crippen LogP contribution in [-0.2, 0) is 11.8 Å². The first-order valence-corrected chi connectivity index (χ1v) is 7.65. The Morgan fingerprint density at radius 1 is 1.35 bits per heavy atom.